The lowest BCUT2D eigenvalue weighted by Crippen LogP contribution is -2.37. The molecule has 0 amide bonds. The number of hydrogen-bond acceptors (Lipinski definition) is 3. The van der Waals surface area contributed by atoms with Gasteiger partial charge in [0.25, 0.3) is 0 Å². The molecule has 1 rings (SSSR count). The molecule has 1 fully saturated rings. The fourth-order valence-electron chi connectivity index (χ4n) is 1.66. The number of ketones is 1. The molecule has 0 spiro atoms. The average molecular weight is 215 g/mol. The number of Topliss-reactive ketones (excluding diaryl/α,β-unsaturated/α-hetero) is 1. The summed E-state index contributed by atoms with van der Waals surface area (Å²) in [6, 6.07) is 0.563. The zero-order valence-corrected chi connectivity index (χ0v) is 10.3. The first kappa shape index (κ1) is 12.1. The van der Waals surface area contributed by atoms with E-state index in [2.05, 4.69) is 25.1 Å². The number of thioether (sulfide) groups is 1. The van der Waals surface area contributed by atoms with Crippen LogP contribution in [0.5, 0.6) is 0 Å². The van der Waals surface area contributed by atoms with Crippen molar-refractivity contribution in [3.05, 3.63) is 0 Å². The van der Waals surface area contributed by atoms with Crippen LogP contribution in [0.1, 0.15) is 26.2 Å². The standard InChI is InChI=1S/C11H21NOS/c1-4-10(8-14-3)12(2)7-11(13)9-5-6-9/h9-10H,4-8H2,1-3H3. The fraction of sp³-hybridized carbons (Fsp3) is 0.909. The van der Waals surface area contributed by atoms with Gasteiger partial charge in [0, 0.05) is 17.7 Å². The van der Waals surface area contributed by atoms with Crippen molar-refractivity contribution >= 4 is 17.5 Å². The van der Waals surface area contributed by atoms with Crippen LogP contribution in [0.25, 0.3) is 0 Å². The van der Waals surface area contributed by atoms with Crippen LogP contribution in [0.2, 0.25) is 0 Å². The zero-order valence-electron chi connectivity index (χ0n) is 9.45. The number of nitrogens with zero attached hydrogens (tertiary/aromatic N) is 1. The third kappa shape index (κ3) is 3.62. The van der Waals surface area contributed by atoms with Crippen molar-refractivity contribution in [2.75, 3.05) is 25.6 Å². The van der Waals surface area contributed by atoms with Crippen LogP contribution in [0.15, 0.2) is 0 Å². The quantitative estimate of drug-likeness (QED) is 0.648. The lowest BCUT2D eigenvalue weighted by atomic mass is 10.2. The third-order valence-electron chi connectivity index (χ3n) is 2.89. The molecular formula is C11H21NOS. The summed E-state index contributed by atoms with van der Waals surface area (Å²) < 4.78 is 0. The van der Waals surface area contributed by atoms with Crippen LogP contribution in [-0.4, -0.2) is 42.3 Å². The first-order valence-corrected chi connectivity index (χ1v) is 6.80. The summed E-state index contributed by atoms with van der Waals surface area (Å²) in [5.41, 5.74) is 0. The summed E-state index contributed by atoms with van der Waals surface area (Å²) in [5.74, 6) is 1.99. The maximum Gasteiger partial charge on any atom is 0.149 e. The van der Waals surface area contributed by atoms with Crippen molar-refractivity contribution in [1.82, 2.24) is 4.90 Å². The first-order chi connectivity index (χ1) is 6.69. The minimum Gasteiger partial charge on any atom is -0.298 e. The maximum absolute atomic E-state index is 11.6. The van der Waals surface area contributed by atoms with Gasteiger partial charge in [-0.3, -0.25) is 9.69 Å². The minimum atomic E-state index is 0.407. The largest absolute Gasteiger partial charge is 0.298 e. The maximum atomic E-state index is 11.6. The Kier molecular flexibility index (Phi) is 4.96. The predicted molar refractivity (Wildman–Crippen MR) is 62.8 cm³/mol. The molecule has 0 heterocycles. The molecule has 0 aromatic carbocycles. The van der Waals surface area contributed by atoms with Gasteiger partial charge in [0.15, 0.2) is 0 Å². The Labute approximate surface area is 91.4 Å². The van der Waals surface area contributed by atoms with Gasteiger partial charge in [-0.2, -0.15) is 11.8 Å². The minimum absolute atomic E-state index is 0.407. The topological polar surface area (TPSA) is 20.3 Å². The van der Waals surface area contributed by atoms with Crippen LogP contribution < -0.4 is 0 Å². The molecule has 0 N–H and O–H groups in total. The summed E-state index contributed by atoms with van der Waals surface area (Å²) in [7, 11) is 2.07. The van der Waals surface area contributed by atoms with Gasteiger partial charge in [-0.25, -0.2) is 0 Å². The SMILES string of the molecule is CCC(CSC)N(C)CC(=O)C1CC1. The molecule has 1 atom stereocenters. The number of carbonyl (C=O) groups excluding carboxylic acids is 1. The summed E-state index contributed by atoms with van der Waals surface area (Å²) >= 11 is 1.86. The Morgan fingerprint density at radius 2 is 2.21 bits per heavy atom. The summed E-state index contributed by atoms with van der Waals surface area (Å²) in [6.45, 7) is 2.85. The highest BCUT2D eigenvalue weighted by molar-refractivity contribution is 7.98. The molecule has 1 saturated carbocycles. The lowest BCUT2D eigenvalue weighted by molar-refractivity contribution is -0.121. The van der Waals surface area contributed by atoms with Crippen molar-refractivity contribution in [2.45, 2.75) is 32.2 Å². The van der Waals surface area contributed by atoms with Crippen molar-refractivity contribution in [3.63, 3.8) is 0 Å². The van der Waals surface area contributed by atoms with Gasteiger partial charge in [0.05, 0.1) is 6.54 Å². The predicted octanol–water partition coefficient (Wildman–Crippen LogP) is 2.04. The molecule has 14 heavy (non-hydrogen) atoms. The molecule has 1 aliphatic rings. The van der Waals surface area contributed by atoms with E-state index in [1.165, 1.54) is 0 Å². The smallest absolute Gasteiger partial charge is 0.149 e. The second kappa shape index (κ2) is 5.76. The number of likely N-dealkylation sites (N-methyl/N-ethyl adjacent to an activating group) is 1. The average Bonchev–Trinajstić information content (AvgIpc) is 2.96. The Morgan fingerprint density at radius 3 is 2.64 bits per heavy atom. The van der Waals surface area contributed by atoms with Crippen molar-refractivity contribution in [3.8, 4) is 0 Å². The highest BCUT2D eigenvalue weighted by atomic mass is 32.2. The van der Waals surface area contributed by atoms with E-state index in [0.29, 0.717) is 24.3 Å². The van der Waals surface area contributed by atoms with E-state index in [9.17, 15) is 4.79 Å². The van der Waals surface area contributed by atoms with Gasteiger partial charge >= 0.3 is 0 Å². The molecule has 3 heteroatoms. The summed E-state index contributed by atoms with van der Waals surface area (Å²) in [6.07, 6.45) is 5.52. The molecule has 0 aliphatic heterocycles. The number of carbonyl (C=O) groups is 1. The van der Waals surface area contributed by atoms with Crippen molar-refractivity contribution < 1.29 is 4.79 Å². The molecule has 1 unspecified atom stereocenters. The molecule has 0 bridgehead atoms. The third-order valence-corrected chi connectivity index (χ3v) is 3.61. The van der Waals surface area contributed by atoms with E-state index in [1.807, 2.05) is 11.8 Å². The number of rotatable bonds is 7. The Morgan fingerprint density at radius 1 is 1.57 bits per heavy atom. The van der Waals surface area contributed by atoms with Crippen LogP contribution in [-0.2, 0) is 4.79 Å². The van der Waals surface area contributed by atoms with Gasteiger partial charge in [-0.15, -0.1) is 0 Å². The van der Waals surface area contributed by atoms with Crippen LogP contribution in [0, 0.1) is 5.92 Å². The molecule has 82 valence electrons. The van der Waals surface area contributed by atoms with E-state index in [4.69, 9.17) is 0 Å². The summed E-state index contributed by atoms with van der Waals surface area (Å²) in [5, 5.41) is 0. The molecule has 0 saturated heterocycles. The van der Waals surface area contributed by atoms with Gasteiger partial charge in [-0.1, -0.05) is 6.92 Å². The lowest BCUT2D eigenvalue weighted by Gasteiger charge is -2.25. The van der Waals surface area contributed by atoms with E-state index in [0.717, 1.165) is 25.0 Å². The van der Waals surface area contributed by atoms with E-state index >= 15 is 0 Å². The normalized spacial score (nSPS) is 18.6. The Balaban J connectivity index is 2.29. The number of hydrogen-bond donors (Lipinski definition) is 0. The van der Waals surface area contributed by atoms with Crippen LogP contribution >= 0.6 is 11.8 Å². The monoisotopic (exact) mass is 215 g/mol. The van der Waals surface area contributed by atoms with E-state index in [1.54, 1.807) is 0 Å². The van der Waals surface area contributed by atoms with Crippen LogP contribution in [0.4, 0.5) is 0 Å². The summed E-state index contributed by atoms with van der Waals surface area (Å²) in [4.78, 5) is 13.8. The highest BCUT2D eigenvalue weighted by Crippen LogP contribution is 2.30. The van der Waals surface area contributed by atoms with E-state index < -0.39 is 0 Å². The van der Waals surface area contributed by atoms with Gasteiger partial charge in [0.1, 0.15) is 5.78 Å². The van der Waals surface area contributed by atoms with Gasteiger partial charge < -0.3 is 0 Å². The molecule has 0 aromatic rings. The van der Waals surface area contributed by atoms with Crippen LogP contribution in [0.3, 0.4) is 0 Å². The fourth-order valence-corrected chi connectivity index (χ4v) is 2.53. The molecule has 0 aromatic heterocycles. The highest BCUT2D eigenvalue weighted by Gasteiger charge is 2.30. The second-order valence-corrected chi connectivity index (χ2v) is 5.08. The first-order valence-electron chi connectivity index (χ1n) is 5.41. The Hall–Kier alpha value is -0.0200. The molecular weight excluding hydrogens is 194 g/mol. The van der Waals surface area contributed by atoms with Gasteiger partial charge in [-0.05, 0) is 32.6 Å². The zero-order chi connectivity index (χ0) is 10.6. The van der Waals surface area contributed by atoms with Crippen molar-refractivity contribution in [2.24, 2.45) is 5.92 Å². The van der Waals surface area contributed by atoms with E-state index in [-0.39, 0.29) is 0 Å². The molecule has 0 radical (unpaired) electrons. The molecule has 2 nitrogen and oxygen atoms in total. The van der Waals surface area contributed by atoms with Gasteiger partial charge in [0.2, 0.25) is 0 Å². The van der Waals surface area contributed by atoms with Crippen molar-refractivity contribution in [1.29, 1.82) is 0 Å². The Bertz CT molecular complexity index is 192. The molecule has 1 aliphatic carbocycles. The second-order valence-electron chi connectivity index (χ2n) is 4.17.